The third-order valence-corrected chi connectivity index (χ3v) is 5.70. The zero-order valence-corrected chi connectivity index (χ0v) is 19.4. The van der Waals surface area contributed by atoms with E-state index in [9.17, 15) is 8.78 Å². The minimum Gasteiger partial charge on any atom is -0.365 e. The number of thiazole rings is 1. The van der Waals surface area contributed by atoms with Crippen molar-refractivity contribution in [1.29, 1.82) is 0 Å². The summed E-state index contributed by atoms with van der Waals surface area (Å²) in [5.74, 6) is 0.0321. The Hall–Kier alpha value is -1.49. The van der Waals surface area contributed by atoms with Crippen LogP contribution in [0, 0.1) is 11.6 Å². The SMILES string of the molecule is CN=C(NCc1csc(C(C)C)n1)NC1CCN(c2c(F)cccc2F)C1.I. The number of rotatable bonds is 5. The summed E-state index contributed by atoms with van der Waals surface area (Å²) in [4.78, 5) is 10.6. The lowest BCUT2D eigenvalue weighted by Crippen LogP contribution is -2.44. The van der Waals surface area contributed by atoms with Gasteiger partial charge in [0, 0.05) is 37.5 Å². The van der Waals surface area contributed by atoms with E-state index in [0.29, 0.717) is 31.5 Å². The first-order chi connectivity index (χ1) is 13.0. The van der Waals surface area contributed by atoms with Gasteiger partial charge < -0.3 is 15.5 Å². The molecule has 5 nitrogen and oxygen atoms in total. The van der Waals surface area contributed by atoms with Gasteiger partial charge in [-0.2, -0.15) is 0 Å². The van der Waals surface area contributed by atoms with Gasteiger partial charge in [0.2, 0.25) is 0 Å². The van der Waals surface area contributed by atoms with Crippen molar-refractivity contribution in [2.45, 2.75) is 38.8 Å². The van der Waals surface area contributed by atoms with Gasteiger partial charge in [-0.3, -0.25) is 4.99 Å². The normalized spacial score (nSPS) is 17.0. The number of aromatic nitrogens is 1. The maximum atomic E-state index is 14.0. The van der Waals surface area contributed by atoms with E-state index in [4.69, 9.17) is 0 Å². The number of halogens is 3. The second-order valence-corrected chi connectivity index (χ2v) is 7.79. The number of anilines is 1. The van der Waals surface area contributed by atoms with Gasteiger partial charge in [0.25, 0.3) is 0 Å². The maximum Gasteiger partial charge on any atom is 0.191 e. The highest BCUT2D eigenvalue weighted by Gasteiger charge is 2.27. The van der Waals surface area contributed by atoms with E-state index in [0.717, 1.165) is 17.1 Å². The van der Waals surface area contributed by atoms with Crippen LogP contribution in [-0.2, 0) is 6.54 Å². The van der Waals surface area contributed by atoms with Gasteiger partial charge in [0.05, 0.1) is 17.2 Å². The van der Waals surface area contributed by atoms with Gasteiger partial charge in [0.15, 0.2) is 5.96 Å². The molecule has 0 saturated carbocycles. The molecule has 3 rings (SSSR count). The molecule has 154 valence electrons. The summed E-state index contributed by atoms with van der Waals surface area (Å²) in [6.45, 7) is 5.95. The van der Waals surface area contributed by atoms with Gasteiger partial charge in [-0.25, -0.2) is 13.8 Å². The first-order valence-electron chi connectivity index (χ1n) is 9.08. The van der Waals surface area contributed by atoms with Crippen molar-refractivity contribution in [3.63, 3.8) is 0 Å². The molecule has 1 saturated heterocycles. The van der Waals surface area contributed by atoms with E-state index in [2.05, 4.69) is 34.5 Å². The lowest BCUT2D eigenvalue weighted by atomic mass is 10.2. The van der Waals surface area contributed by atoms with E-state index in [1.165, 1.54) is 18.2 Å². The van der Waals surface area contributed by atoms with Crippen molar-refractivity contribution in [1.82, 2.24) is 15.6 Å². The van der Waals surface area contributed by atoms with Crippen LogP contribution in [0.15, 0.2) is 28.6 Å². The Balaban J connectivity index is 0.00000280. The fourth-order valence-corrected chi connectivity index (χ4v) is 3.94. The van der Waals surface area contributed by atoms with E-state index < -0.39 is 11.6 Å². The van der Waals surface area contributed by atoms with E-state index in [1.807, 2.05) is 5.38 Å². The summed E-state index contributed by atoms with van der Waals surface area (Å²) >= 11 is 1.66. The Morgan fingerprint density at radius 2 is 2.07 bits per heavy atom. The molecule has 1 aromatic carbocycles. The molecule has 0 aliphatic carbocycles. The van der Waals surface area contributed by atoms with Crippen molar-refractivity contribution in [3.8, 4) is 0 Å². The molecular weight excluding hydrogens is 495 g/mol. The van der Waals surface area contributed by atoms with E-state index in [-0.39, 0.29) is 35.7 Å². The second-order valence-electron chi connectivity index (χ2n) is 6.90. The second kappa shape index (κ2) is 10.3. The number of guanidine groups is 1. The highest BCUT2D eigenvalue weighted by molar-refractivity contribution is 14.0. The van der Waals surface area contributed by atoms with Gasteiger partial charge >= 0.3 is 0 Å². The molecule has 0 amide bonds. The Bertz CT molecular complexity index is 791. The molecule has 1 aromatic heterocycles. The molecule has 2 heterocycles. The lowest BCUT2D eigenvalue weighted by Gasteiger charge is -2.21. The smallest absolute Gasteiger partial charge is 0.191 e. The molecule has 28 heavy (non-hydrogen) atoms. The third-order valence-electron chi connectivity index (χ3n) is 4.51. The van der Waals surface area contributed by atoms with Crippen LogP contribution in [0.4, 0.5) is 14.5 Å². The molecule has 0 radical (unpaired) electrons. The van der Waals surface area contributed by atoms with Crippen LogP contribution in [0.25, 0.3) is 0 Å². The number of benzene rings is 1. The van der Waals surface area contributed by atoms with Crippen molar-refractivity contribution < 1.29 is 8.78 Å². The van der Waals surface area contributed by atoms with Crippen LogP contribution in [0.3, 0.4) is 0 Å². The molecular formula is C19H26F2IN5S. The third kappa shape index (κ3) is 5.53. The Kier molecular flexibility index (Phi) is 8.41. The summed E-state index contributed by atoms with van der Waals surface area (Å²) in [5.41, 5.74) is 1.03. The zero-order chi connectivity index (χ0) is 19.4. The number of para-hydroxylation sites is 1. The fraction of sp³-hybridized carbons (Fsp3) is 0.474. The van der Waals surface area contributed by atoms with Crippen LogP contribution < -0.4 is 15.5 Å². The lowest BCUT2D eigenvalue weighted by molar-refractivity contribution is 0.576. The standard InChI is InChI=1S/C19H25F2N5S.HI/c1-12(2)18-24-14(11-27-18)9-23-19(22-3)25-13-7-8-26(10-13)17-15(20)5-4-6-16(17)21;/h4-6,11-13H,7-10H2,1-3H3,(H2,22,23,25);1H. The van der Waals surface area contributed by atoms with Gasteiger partial charge in [0.1, 0.15) is 17.3 Å². The minimum atomic E-state index is -0.525. The minimum absolute atomic E-state index is 0. The van der Waals surface area contributed by atoms with Crippen LogP contribution in [-0.4, -0.2) is 37.1 Å². The molecule has 1 fully saturated rings. The predicted molar refractivity (Wildman–Crippen MR) is 122 cm³/mol. The van der Waals surface area contributed by atoms with Gasteiger partial charge in [-0.05, 0) is 18.6 Å². The molecule has 9 heteroatoms. The Morgan fingerprint density at radius 3 is 2.68 bits per heavy atom. The Morgan fingerprint density at radius 1 is 1.36 bits per heavy atom. The monoisotopic (exact) mass is 521 g/mol. The van der Waals surface area contributed by atoms with E-state index in [1.54, 1.807) is 23.3 Å². The van der Waals surface area contributed by atoms with Crippen LogP contribution in [0.5, 0.6) is 0 Å². The summed E-state index contributed by atoms with van der Waals surface area (Å²) in [6.07, 6.45) is 0.780. The Labute approximate surface area is 185 Å². The highest BCUT2D eigenvalue weighted by atomic mass is 127. The molecule has 0 spiro atoms. The molecule has 2 aromatic rings. The number of nitrogens with one attached hydrogen (secondary N) is 2. The fourth-order valence-electron chi connectivity index (χ4n) is 3.10. The maximum absolute atomic E-state index is 14.0. The summed E-state index contributed by atoms with van der Waals surface area (Å²) in [7, 11) is 1.71. The van der Waals surface area contributed by atoms with Crippen molar-refractivity contribution in [3.05, 3.63) is 45.9 Å². The molecule has 0 bridgehead atoms. The molecule has 2 N–H and O–H groups in total. The van der Waals surface area contributed by atoms with Crippen molar-refractivity contribution in [2.24, 2.45) is 4.99 Å². The number of hydrogen-bond donors (Lipinski definition) is 2. The summed E-state index contributed by atoms with van der Waals surface area (Å²) < 4.78 is 28.0. The largest absolute Gasteiger partial charge is 0.365 e. The van der Waals surface area contributed by atoms with Gasteiger partial charge in [-0.15, -0.1) is 35.3 Å². The molecule has 1 aliphatic heterocycles. The topological polar surface area (TPSA) is 52.6 Å². The quantitative estimate of drug-likeness (QED) is 0.354. The highest BCUT2D eigenvalue weighted by Crippen LogP contribution is 2.26. The zero-order valence-electron chi connectivity index (χ0n) is 16.2. The number of aliphatic imine (C=N–C) groups is 1. The first-order valence-corrected chi connectivity index (χ1v) is 9.96. The summed E-state index contributed by atoms with van der Waals surface area (Å²) in [5, 5.41) is 9.76. The summed E-state index contributed by atoms with van der Waals surface area (Å²) in [6, 6.07) is 4.03. The average Bonchev–Trinajstić information content (AvgIpc) is 3.28. The molecule has 1 aliphatic rings. The number of nitrogens with zero attached hydrogens (tertiary/aromatic N) is 3. The molecule has 1 unspecified atom stereocenters. The first kappa shape index (κ1) is 22.8. The van der Waals surface area contributed by atoms with Crippen molar-refractivity contribution in [2.75, 3.05) is 25.0 Å². The predicted octanol–water partition coefficient (Wildman–Crippen LogP) is 4.11. The van der Waals surface area contributed by atoms with Gasteiger partial charge in [-0.1, -0.05) is 19.9 Å². The average molecular weight is 521 g/mol. The molecule has 1 atom stereocenters. The van der Waals surface area contributed by atoms with Crippen molar-refractivity contribution >= 4 is 47.0 Å². The van der Waals surface area contributed by atoms with Crippen LogP contribution in [0.2, 0.25) is 0 Å². The van der Waals surface area contributed by atoms with E-state index >= 15 is 0 Å². The van der Waals surface area contributed by atoms with Crippen LogP contribution in [0.1, 0.15) is 36.9 Å². The van der Waals surface area contributed by atoms with Crippen LogP contribution >= 0.6 is 35.3 Å². The number of hydrogen-bond acceptors (Lipinski definition) is 4.